The molecule has 6 unspecified atom stereocenters. The number of nitrogens with one attached hydrogen (secondary N) is 1. The molecule has 25 heteroatoms. The molecular formula is C67H119NO24. The van der Waals surface area contributed by atoms with Crippen molar-refractivity contribution in [2.45, 2.75) is 275 Å². The summed E-state index contributed by atoms with van der Waals surface area (Å²) in [6, 6.07) is 0. The van der Waals surface area contributed by atoms with Gasteiger partial charge in [0.1, 0.15) is 65.5 Å². The standard InChI is InChI=1S/C67H119NO24/c1-45(2)38-67(42-84-35-28-51(74)24-12-10-22-49(72)20-8-6-17-32-87-64-46(3)58(78)61(81)54(39-69)90-64,43-85-36-29-52(75)25-13-11-23-50(73)21-9-7-18-33-88-65-47(4)59(79)62(82)55(40-70)91-65)44-86-37-30-53(76)26-14-16-31-68-57(77)27-15-19-34-89-66-48(5)60(80)63(83)56(41-71)92-66/h45-48,54-56,58-66,69-71,78-83H,6-44H2,1-5H3,(H,68,77)/t46?,47?,48?,54?,55?,56?,58-,59-,60-,61+,62+,63+,64-,65-,66-,67?/m1/s1. The Morgan fingerprint density at radius 1 is 0.380 bits per heavy atom. The lowest BCUT2D eigenvalue weighted by atomic mass is 9.82. The summed E-state index contributed by atoms with van der Waals surface area (Å²) in [5.41, 5.74) is -0.656. The highest BCUT2D eigenvalue weighted by molar-refractivity contribution is 5.80. The predicted octanol–water partition coefficient (Wildman–Crippen LogP) is 4.06. The Kier molecular flexibility index (Phi) is 43.4. The zero-order chi connectivity index (χ0) is 67.8. The first-order valence-electron chi connectivity index (χ1n) is 34.4. The number of carbonyl (C=O) groups excluding carboxylic acids is 6. The highest BCUT2D eigenvalue weighted by Gasteiger charge is 2.45. The molecule has 0 saturated carbocycles. The van der Waals surface area contributed by atoms with Gasteiger partial charge in [-0.15, -0.1) is 0 Å². The van der Waals surface area contributed by atoms with Gasteiger partial charge in [-0.05, 0) is 89.4 Å². The number of hydrogen-bond donors (Lipinski definition) is 10. The quantitative estimate of drug-likeness (QED) is 0.0384. The molecule has 536 valence electrons. The van der Waals surface area contributed by atoms with Crippen LogP contribution in [0.3, 0.4) is 0 Å². The van der Waals surface area contributed by atoms with E-state index in [2.05, 4.69) is 19.2 Å². The molecule has 3 aliphatic rings. The molecule has 0 aromatic rings. The first-order chi connectivity index (χ1) is 44.1. The van der Waals surface area contributed by atoms with Crippen LogP contribution in [-0.2, 0) is 71.4 Å². The van der Waals surface area contributed by atoms with Crippen molar-refractivity contribution in [2.75, 3.05) is 85.8 Å². The van der Waals surface area contributed by atoms with E-state index in [-0.39, 0.29) is 113 Å². The second kappa shape index (κ2) is 47.9. The van der Waals surface area contributed by atoms with E-state index in [1.165, 1.54) is 0 Å². The Hall–Kier alpha value is -2.90. The van der Waals surface area contributed by atoms with Crippen LogP contribution in [0.2, 0.25) is 0 Å². The fourth-order valence-corrected chi connectivity index (χ4v) is 11.7. The van der Waals surface area contributed by atoms with Crippen LogP contribution in [0.1, 0.15) is 202 Å². The molecule has 3 fully saturated rings. The van der Waals surface area contributed by atoms with Gasteiger partial charge in [0.15, 0.2) is 18.9 Å². The van der Waals surface area contributed by atoms with Crippen molar-refractivity contribution in [1.82, 2.24) is 5.32 Å². The van der Waals surface area contributed by atoms with Crippen molar-refractivity contribution in [1.29, 1.82) is 0 Å². The van der Waals surface area contributed by atoms with Crippen LogP contribution >= 0.6 is 0 Å². The number of hydrogen-bond acceptors (Lipinski definition) is 24. The Labute approximate surface area is 545 Å². The number of unbranched alkanes of at least 4 members (excludes halogenated alkanes) is 8. The SMILES string of the molecule is CC(C)CC(COCCC(=O)CCCCNC(=O)CCCCO[C@@H]1OC(CO)[C@H](O)[C@H](O)C1C)(COCCC(=O)CCCCC(=O)CCCCCO[C@@H]1OC(CO)[C@H](O)[C@H](O)C1C)COCCC(=O)CCCCC(=O)CCCCCO[C@@H]1OC(CO)[C@H](O)[C@H](O)C1C. The molecule has 3 rings (SSSR count). The number of Topliss-reactive ketones (excluding diaryl/α,β-unsaturated/α-hetero) is 5. The minimum Gasteiger partial charge on any atom is -0.394 e. The van der Waals surface area contributed by atoms with E-state index in [4.69, 9.17) is 42.6 Å². The van der Waals surface area contributed by atoms with Gasteiger partial charge in [-0.25, -0.2) is 0 Å². The maximum Gasteiger partial charge on any atom is 0.219 e. The Bertz CT molecular complexity index is 1940. The topological polar surface area (TPSA) is 380 Å². The second-order valence-corrected chi connectivity index (χ2v) is 26.3. The molecule has 3 heterocycles. The smallest absolute Gasteiger partial charge is 0.219 e. The van der Waals surface area contributed by atoms with E-state index in [1.54, 1.807) is 20.8 Å². The molecule has 3 saturated heterocycles. The minimum absolute atomic E-state index is 0.0259. The molecular weight excluding hydrogens is 1200 g/mol. The van der Waals surface area contributed by atoms with Crippen LogP contribution < -0.4 is 5.32 Å². The zero-order valence-electron chi connectivity index (χ0n) is 56.0. The number of carbonyl (C=O) groups is 6. The molecule has 0 aliphatic carbocycles. The molecule has 92 heavy (non-hydrogen) atoms. The fourth-order valence-electron chi connectivity index (χ4n) is 11.7. The summed E-state index contributed by atoms with van der Waals surface area (Å²) in [5, 5.41) is 92.1. The molecule has 0 aromatic carbocycles. The highest BCUT2D eigenvalue weighted by Crippen LogP contribution is 2.32. The van der Waals surface area contributed by atoms with Crippen LogP contribution in [0.5, 0.6) is 0 Å². The van der Waals surface area contributed by atoms with Gasteiger partial charge in [0.2, 0.25) is 5.91 Å². The Balaban J connectivity index is 1.36. The number of aliphatic hydroxyl groups excluding tert-OH is 9. The molecule has 3 aliphatic heterocycles. The third-order valence-electron chi connectivity index (χ3n) is 17.6. The number of ketones is 5. The molecule has 1 amide bonds. The van der Waals surface area contributed by atoms with Crippen molar-refractivity contribution in [3.8, 4) is 0 Å². The second-order valence-electron chi connectivity index (χ2n) is 26.3. The van der Waals surface area contributed by atoms with Gasteiger partial charge >= 0.3 is 0 Å². The summed E-state index contributed by atoms with van der Waals surface area (Å²) in [6.45, 7) is 10.5. The summed E-state index contributed by atoms with van der Waals surface area (Å²) in [5.74, 6) is -1.02. The molecule has 25 nitrogen and oxygen atoms in total. The van der Waals surface area contributed by atoms with E-state index < -0.39 is 117 Å². The van der Waals surface area contributed by atoms with Crippen molar-refractivity contribution in [3.05, 3.63) is 0 Å². The fraction of sp³-hybridized carbons (Fsp3) is 0.910. The van der Waals surface area contributed by atoms with Crippen LogP contribution in [0.25, 0.3) is 0 Å². The summed E-state index contributed by atoms with van der Waals surface area (Å²) in [6.07, 6.45) is 1.13. The summed E-state index contributed by atoms with van der Waals surface area (Å²) in [7, 11) is 0. The van der Waals surface area contributed by atoms with Gasteiger partial charge in [-0.2, -0.15) is 0 Å². The van der Waals surface area contributed by atoms with Gasteiger partial charge in [-0.1, -0.05) is 47.5 Å². The lowest BCUT2D eigenvalue weighted by Crippen LogP contribution is -2.55. The lowest BCUT2D eigenvalue weighted by Gasteiger charge is -2.40. The van der Waals surface area contributed by atoms with E-state index in [1.807, 2.05) is 0 Å². The number of ether oxygens (including phenoxy) is 9. The Morgan fingerprint density at radius 2 is 0.663 bits per heavy atom. The van der Waals surface area contributed by atoms with Crippen LogP contribution in [0.4, 0.5) is 0 Å². The molecule has 0 radical (unpaired) electrons. The van der Waals surface area contributed by atoms with Crippen LogP contribution in [-0.4, -0.2) is 240 Å². The molecule has 0 bridgehead atoms. The van der Waals surface area contributed by atoms with Gasteiger partial charge < -0.3 is 93.9 Å². The lowest BCUT2D eigenvalue weighted by molar-refractivity contribution is -0.282. The summed E-state index contributed by atoms with van der Waals surface area (Å²) >= 11 is 0. The average Bonchev–Trinajstić information content (AvgIpc) is 1.01. The summed E-state index contributed by atoms with van der Waals surface area (Å²) in [4.78, 5) is 76.5. The predicted molar refractivity (Wildman–Crippen MR) is 336 cm³/mol. The molecule has 10 N–H and O–H groups in total. The normalized spacial score (nSPS) is 27.4. The molecule has 15 atom stereocenters. The third kappa shape index (κ3) is 32.9. The van der Waals surface area contributed by atoms with Crippen molar-refractivity contribution < 1.29 is 117 Å². The van der Waals surface area contributed by atoms with Crippen LogP contribution in [0, 0.1) is 29.1 Å². The van der Waals surface area contributed by atoms with Crippen molar-refractivity contribution in [2.24, 2.45) is 29.1 Å². The molecule has 0 aromatic heterocycles. The molecule has 0 spiro atoms. The van der Waals surface area contributed by atoms with Crippen molar-refractivity contribution in [3.63, 3.8) is 0 Å². The monoisotopic (exact) mass is 1320 g/mol. The zero-order valence-corrected chi connectivity index (χ0v) is 56.0. The van der Waals surface area contributed by atoms with Gasteiger partial charge in [0, 0.05) is 120 Å². The number of rotatable bonds is 55. The first-order valence-corrected chi connectivity index (χ1v) is 34.4. The first kappa shape index (κ1) is 83.3. The van der Waals surface area contributed by atoms with E-state index >= 15 is 0 Å². The van der Waals surface area contributed by atoms with E-state index in [0.29, 0.717) is 148 Å². The van der Waals surface area contributed by atoms with Gasteiger partial charge in [0.05, 0.1) is 77.8 Å². The highest BCUT2D eigenvalue weighted by atomic mass is 16.7. The van der Waals surface area contributed by atoms with Gasteiger partial charge in [-0.3, -0.25) is 28.8 Å². The number of aliphatic hydroxyl groups is 9. The van der Waals surface area contributed by atoms with Crippen molar-refractivity contribution >= 4 is 34.8 Å². The third-order valence-corrected chi connectivity index (χ3v) is 17.6. The van der Waals surface area contributed by atoms with Gasteiger partial charge in [0.25, 0.3) is 0 Å². The maximum absolute atomic E-state index is 13.0. The van der Waals surface area contributed by atoms with E-state index in [0.717, 1.165) is 12.8 Å². The Morgan fingerprint density at radius 3 is 0.978 bits per heavy atom. The van der Waals surface area contributed by atoms with Crippen LogP contribution in [0.15, 0.2) is 0 Å². The number of amides is 1. The summed E-state index contributed by atoms with van der Waals surface area (Å²) < 4.78 is 52.6. The average molecular weight is 1320 g/mol. The maximum atomic E-state index is 13.0. The largest absolute Gasteiger partial charge is 0.394 e. The minimum atomic E-state index is -1.20. The van der Waals surface area contributed by atoms with E-state index in [9.17, 15) is 74.7 Å².